The molecule has 3 rings (SSSR count). The van der Waals surface area contributed by atoms with E-state index in [-0.39, 0.29) is 6.10 Å². The minimum atomic E-state index is -0.281. The van der Waals surface area contributed by atoms with Gasteiger partial charge in [-0.05, 0) is 41.8 Å². The average molecular weight is 402 g/mol. The summed E-state index contributed by atoms with van der Waals surface area (Å²) in [5.74, 6) is 1.38. The monoisotopic (exact) mass is 401 g/mol. The fraction of sp³-hybridized carbons (Fsp3) is 0.333. The average Bonchev–Trinajstić information content (AvgIpc) is 3.17. The maximum absolute atomic E-state index is 6.04. The van der Waals surface area contributed by atoms with Gasteiger partial charge in [0.25, 0.3) is 0 Å². The van der Waals surface area contributed by atoms with E-state index < -0.39 is 0 Å². The third-order valence-electron chi connectivity index (χ3n) is 4.28. The molecule has 1 unspecified atom stereocenters. The van der Waals surface area contributed by atoms with Crippen LogP contribution in [0.3, 0.4) is 0 Å². The molecule has 0 aliphatic rings. The predicted molar refractivity (Wildman–Crippen MR) is 108 cm³/mol. The van der Waals surface area contributed by atoms with Crippen molar-refractivity contribution in [2.45, 2.75) is 26.0 Å². The zero-order valence-electron chi connectivity index (χ0n) is 16.3. The maximum atomic E-state index is 6.04. The molecule has 1 atom stereocenters. The number of nitrogens with zero attached hydrogens (tertiary/aromatic N) is 3. The Balaban J connectivity index is 1.81. The summed E-state index contributed by atoms with van der Waals surface area (Å²) in [7, 11) is 3.24. The molecule has 0 spiro atoms. The molecule has 0 aliphatic heterocycles. The molecule has 6 nitrogen and oxygen atoms in total. The number of ether oxygens (including phenoxy) is 3. The zero-order chi connectivity index (χ0) is 19.9. The first-order chi connectivity index (χ1) is 13.6. The smallest absolute Gasteiger partial charge is 0.161 e. The van der Waals surface area contributed by atoms with Gasteiger partial charge in [-0.25, -0.2) is 4.68 Å². The topological polar surface area (TPSA) is 58.4 Å². The fourth-order valence-electron chi connectivity index (χ4n) is 2.90. The summed E-state index contributed by atoms with van der Waals surface area (Å²) in [6, 6.07) is 13.4. The lowest BCUT2D eigenvalue weighted by atomic mass is 10.1. The van der Waals surface area contributed by atoms with Gasteiger partial charge in [0.1, 0.15) is 11.8 Å². The van der Waals surface area contributed by atoms with Gasteiger partial charge in [-0.1, -0.05) is 41.9 Å². The molecule has 0 aliphatic carbocycles. The van der Waals surface area contributed by atoms with Crippen molar-refractivity contribution in [3.63, 3.8) is 0 Å². The second kappa shape index (κ2) is 9.57. The van der Waals surface area contributed by atoms with Gasteiger partial charge >= 0.3 is 0 Å². The molecule has 0 N–H and O–H groups in total. The van der Waals surface area contributed by atoms with E-state index in [1.807, 2.05) is 48.7 Å². The number of halogens is 1. The quantitative estimate of drug-likeness (QED) is 0.527. The first kappa shape index (κ1) is 20.2. The molecule has 28 heavy (non-hydrogen) atoms. The normalized spacial score (nSPS) is 12.0. The van der Waals surface area contributed by atoms with Crippen LogP contribution in [0.2, 0.25) is 5.02 Å². The SMILES string of the molecule is CCCOC(c1ccc(Cl)cc1)c1cn(Cc2ccc(OC)c(OC)c2)nn1. The summed E-state index contributed by atoms with van der Waals surface area (Å²) < 4.78 is 18.5. The van der Waals surface area contributed by atoms with Crippen LogP contribution in [0.4, 0.5) is 0 Å². The van der Waals surface area contributed by atoms with E-state index in [9.17, 15) is 0 Å². The van der Waals surface area contributed by atoms with Crippen molar-refractivity contribution < 1.29 is 14.2 Å². The van der Waals surface area contributed by atoms with Crippen LogP contribution in [0.1, 0.15) is 36.3 Å². The fourth-order valence-corrected chi connectivity index (χ4v) is 3.03. The van der Waals surface area contributed by atoms with Crippen LogP contribution in [0.25, 0.3) is 0 Å². The van der Waals surface area contributed by atoms with E-state index in [4.69, 9.17) is 25.8 Å². The van der Waals surface area contributed by atoms with E-state index in [0.29, 0.717) is 29.7 Å². The Labute approximate surface area is 170 Å². The Morgan fingerprint density at radius 1 is 1.04 bits per heavy atom. The van der Waals surface area contributed by atoms with Crippen LogP contribution in [0.5, 0.6) is 11.5 Å². The van der Waals surface area contributed by atoms with Crippen LogP contribution < -0.4 is 9.47 Å². The van der Waals surface area contributed by atoms with Gasteiger partial charge in [-0.2, -0.15) is 0 Å². The van der Waals surface area contributed by atoms with Crippen molar-refractivity contribution in [1.82, 2.24) is 15.0 Å². The summed E-state index contributed by atoms with van der Waals surface area (Å²) in [6.45, 7) is 3.27. The standard InChI is InChI=1S/C21H24ClN3O3/c1-4-11-28-21(16-6-8-17(22)9-7-16)18-14-25(24-23-18)13-15-5-10-19(26-2)20(12-15)27-3/h5-10,12,14,21H,4,11,13H2,1-3H3. The molecule has 0 fully saturated rings. The minimum Gasteiger partial charge on any atom is -0.493 e. The van der Waals surface area contributed by atoms with Crippen molar-refractivity contribution in [2.24, 2.45) is 0 Å². The molecule has 2 aromatic carbocycles. The highest BCUT2D eigenvalue weighted by Gasteiger charge is 2.19. The van der Waals surface area contributed by atoms with E-state index in [2.05, 4.69) is 17.2 Å². The van der Waals surface area contributed by atoms with E-state index in [1.165, 1.54) is 0 Å². The van der Waals surface area contributed by atoms with Crippen LogP contribution in [-0.2, 0) is 11.3 Å². The molecule has 1 aromatic heterocycles. The first-order valence-electron chi connectivity index (χ1n) is 9.12. The summed E-state index contributed by atoms with van der Waals surface area (Å²) in [6.07, 6.45) is 2.55. The van der Waals surface area contributed by atoms with Gasteiger partial charge in [-0.15, -0.1) is 5.10 Å². The molecule has 0 bridgehead atoms. The Hall–Kier alpha value is -2.57. The van der Waals surface area contributed by atoms with Gasteiger partial charge in [0.05, 0.1) is 27.0 Å². The summed E-state index contributed by atoms with van der Waals surface area (Å²) >= 11 is 6.02. The van der Waals surface area contributed by atoms with Crippen molar-refractivity contribution >= 4 is 11.6 Å². The molecule has 0 amide bonds. The van der Waals surface area contributed by atoms with Gasteiger partial charge in [0, 0.05) is 11.6 Å². The number of aromatic nitrogens is 3. The molecule has 148 valence electrons. The van der Waals surface area contributed by atoms with E-state index in [1.54, 1.807) is 18.9 Å². The predicted octanol–water partition coefficient (Wildman–Crippen LogP) is 4.51. The zero-order valence-corrected chi connectivity index (χ0v) is 17.0. The van der Waals surface area contributed by atoms with Gasteiger partial charge in [-0.3, -0.25) is 0 Å². The second-order valence-corrected chi connectivity index (χ2v) is 6.77. The highest BCUT2D eigenvalue weighted by Crippen LogP contribution is 2.29. The number of benzene rings is 2. The Kier molecular flexibility index (Phi) is 6.90. The lowest BCUT2D eigenvalue weighted by Crippen LogP contribution is -2.08. The molecule has 0 saturated heterocycles. The van der Waals surface area contributed by atoms with Crippen molar-refractivity contribution in [3.8, 4) is 11.5 Å². The van der Waals surface area contributed by atoms with Gasteiger partial charge in [0.15, 0.2) is 11.5 Å². The largest absolute Gasteiger partial charge is 0.493 e. The maximum Gasteiger partial charge on any atom is 0.161 e. The lowest BCUT2D eigenvalue weighted by Gasteiger charge is -2.15. The second-order valence-electron chi connectivity index (χ2n) is 6.33. The molecule has 0 radical (unpaired) electrons. The van der Waals surface area contributed by atoms with E-state index in [0.717, 1.165) is 23.2 Å². The lowest BCUT2D eigenvalue weighted by molar-refractivity contribution is 0.0777. The van der Waals surface area contributed by atoms with Crippen molar-refractivity contribution in [2.75, 3.05) is 20.8 Å². The highest BCUT2D eigenvalue weighted by molar-refractivity contribution is 6.30. The summed E-state index contributed by atoms with van der Waals surface area (Å²) in [5.41, 5.74) is 2.79. The number of hydrogen-bond donors (Lipinski definition) is 0. The number of rotatable bonds is 9. The summed E-state index contributed by atoms with van der Waals surface area (Å²) in [4.78, 5) is 0. The Morgan fingerprint density at radius 3 is 2.46 bits per heavy atom. The van der Waals surface area contributed by atoms with Gasteiger partial charge in [0.2, 0.25) is 0 Å². The molecule has 1 heterocycles. The van der Waals surface area contributed by atoms with Gasteiger partial charge < -0.3 is 14.2 Å². The van der Waals surface area contributed by atoms with Crippen LogP contribution in [0, 0.1) is 0 Å². The Morgan fingerprint density at radius 2 is 1.79 bits per heavy atom. The van der Waals surface area contributed by atoms with Crippen molar-refractivity contribution in [3.05, 3.63) is 70.5 Å². The minimum absolute atomic E-state index is 0.281. The van der Waals surface area contributed by atoms with Crippen LogP contribution in [-0.4, -0.2) is 35.8 Å². The molecule has 0 saturated carbocycles. The van der Waals surface area contributed by atoms with E-state index >= 15 is 0 Å². The molecule has 7 heteroatoms. The third-order valence-corrected chi connectivity index (χ3v) is 4.53. The molecular formula is C21H24ClN3O3. The highest BCUT2D eigenvalue weighted by atomic mass is 35.5. The molecule has 3 aromatic rings. The van der Waals surface area contributed by atoms with Crippen molar-refractivity contribution in [1.29, 1.82) is 0 Å². The number of hydrogen-bond acceptors (Lipinski definition) is 5. The Bertz CT molecular complexity index is 896. The first-order valence-corrected chi connectivity index (χ1v) is 9.50. The summed E-state index contributed by atoms with van der Waals surface area (Å²) in [5, 5.41) is 9.30. The van der Waals surface area contributed by atoms with Crippen LogP contribution in [0.15, 0.2) is 48.7 Å². The van der Waals surface area contributed by atoms with Crippen LogP contribution >= 0.6 is 11.6 Å². The number of methoxy groups -OCH3 is 2. The third kappa shape index (κ3) is 4.82. The molecular weight excluding hydrogens is 378 g/mol.